The monoisotopic (exact) mass is 263 g/mol. The molecule has 1 unspecified atom stereocenters. The molecule has 1 heterocycles. The van der Waals surface area contributed by atoms with Crippen LogP contribution in [0.2, 0.25) is 0 Å². The fourth-order valence-electron chi connectivity index (χ4n) is 2.52. The van der Waals surface area contributed by atoms with Crippen LogP contribution in [0.15, 0.2) is 24.3 Å². The molecule has 4 nitrogen and oxygen atoms in total. The molecule has 0 bridgehead atoms. The van der Waals surface area contributed by atoms with E-state index in [1.165, 1.54) is 0 Å². The molecular weight excluding hydrogens is 242 g/mol. The Hall–Kier alpha value is -1.55. The van der Waals surface area contributed by atoms with E-state index in [0.717, 1.165) is 11.3 Å². The lowest BCUT2D eigenvalue weighted by atomic mass is 10.0. The molecule has 1 aromatic rings. The third kappa shape index (κ3) is 2.89. The molecule has 3 atom stereocenters. The van der Waals surface area contributed by atoms with Crippen LogP contribution in [0, 0.1) is 5.92 Å². The van der Waals surface area contributed by atoms with Gasteiger partial charge in [0.05, 0.1) is 19.3 Å². The third-order valence-corrected chi connectivity index (χ3v) is 3.94. The van der Waals surface area contributed by atoms with Crippen molar-refractivity contribution in [3.63, 3.8) is 0 Å². The highest BCUT2D eigenvalue weighted by Crippen LogP contribution is 2.30. The molecule has 1 saturated heterocycles. The van der Waals surface area contributed by atoms with E-state index >= 15 is 0 Å². The number of methoxy groups -OCH3 is 1. The number of carbonyl (C=O) groups is 1. The summed E-state index contributed by atoms with van der Waals surface area (Å²) in [6.45, 7) is 4.40. The minimum atomic E-state index is -0.433. The van der Waals surface area contributed by atoms with E-state index < -0.39 is 6.10 Å². The van der Waals surface area contributed by atoms with Gasteiger partial charge in [-0.15, -0.1) is 0 Å². The minimum Gasteiger partial charge on any atom is -0.497 e. The van der Waals surface area contributed by atoms with E-state index in [2.05, 4.69) is 0 Å². The fourth-order valence-corrected chi connectivity index (χ4v) is 2.52. The Morgan fingerprint density at radius 2 is 1.95 bits per heavy atom. The van der Waals surface area contributed by atoms with Crippen molar-refractivity contribution in [3.8, 4) is 5.75 Å². The molecule has 1 aliphatic heterocycles. The number of carbonyl (C=O) groups excluding carboxylic acids is 1. The van der Waals surface area contributed by atoms with Gasteiger partial charge >= 0.3 is 0 Å². The Kier molecular flexibility index (Phi) is 4.10. The van der Waals surface area contributed by atoms with Gasteiger partial charge in [0.15, 0.2) is 0 Å². The topological polar surface area (TPSA) is 49.8 Å². The Morgan fingerprint density at radius 3 is 2.42 bits per heavy atom. The van der Waals surface area contributed by atoms with Crippen LogP contribution in [0.5, 0.6) is 5.75 Å². The van der Waals surface area contributed by atoms with Gasteiger partial charge in [-0.25, -0.2) is 0 Å². The molecular formula is C15H21NO3. The predicted molar refractivity (Wildman–Crippen MR) is 72.9 cm³/mol. The lowest BCUT2D eigenvalue weighted by Crippen LogP contribution is -2.29. The van der Waals surface area contributed by atoms with Gasteiger partial charge in [0.1, 0.15) is 5.75 Å². The number of benzene rings is 1. The number of rotatable bonds is 4. The number of amides is 1. The number of aliphatic hydroxyl groups excluding tert-OH is 1. The maximum absolute atomic E-state index is 12.0. The normalized spacial score (nSPS) is 22.4. The van der Waals surface area contributed by atoms with Crippen LogP contribution >= 0.6 is 0 Å². The number of aliphatic hydroxyl groups is 1. The number of ether oxygens (including phenoxy) is 1. The summed E-state index contributed by atoms with van der Waals surface area (Å²) in [6, 6.07) is 7.79. The van der Waals surface area contributed by atoms with Crippen molar-refractivity contribution in [2.75, 3.05) is 13.7 Å². The maximum atomic E-state index is 12.0. The molecule has 1 fully saturated rings. The summed E-state index contributed by atoms with van der Waals surface area (Å²) < 4.78 is 5.13. The average molecular weight is 263 g/mol. The zero-order chi connectivity index (χ0) is 14.0. The molecule has 4 heteroatoms. The van der Waals surface area contributed by atoms with E-state index in [1.54, 1.807) is 14.0 Å². The third-order valence-electron chi connectivity index (χ3n) is 3.94. The summed E-state index contributed by atoms with van der Waals surface area (Å²) in [5, 5.41) is 9.61. The van der Waals surface area contributed by atoms with Gasteiger partial charge in [-0.3, -0.25) is 4.79 Å². The van der Waals surface area contributed by atoms with E-state index in [0.29, 0.717) is 13.0 Å². The van der Waals surface area contributed by atoms with Gasteiger partial charge in [0.25, 0.3) is 0 Å². The summed E-state index contributed by atoms with van der Waals surface area (Å²) in [6.07, 6.45) is 0.00930. The van der Waals surface area contributed by atoms with Gasteiger partial charge in [0, 0.05) is 18.9 Å². The van der Waals surface area contributed by atoms with Crippen LogP contribution < -0.4 is 4.74 Å². The molecule has 0 saturated carbocycles. The molecule has 19 heavy (non-hydrogen) atoms. The summed E-state index contributed by atoms with van der Waals surface area (Å²) in [5.41, 5.74) is 1.08. The highest BCUT2D eigenvalue weighted by Gasteiger charge is 2.35. The Balaban J connectivity index is 2.10. The number of likely N-dealkylation sites (tertiary alicyclic amines) is 1. The van der Waals surface area contributed by atoms with E-state index in [1.807, 2.05) is 36.1 Å². The Morgan fingerprint density at radius 1 is 1.32 bits per heavy atom. The molecule has 1 amide bonds. The molecule has 0 aliphatic carbocycles. The van der Waals surface area contributed by atoms with Crippen LogP contribution in [0.1, 0.15) is 31.9 Å². The number of hydrogen-bond acceptors (Lipinski definition) is 3. The zero-order valence-corrected chi connectivity index (χ0v) is 11.7. The van der Waals surface area contributed by atoms with Crippen molar-refractivity contribution in [1.82, 2.24) is 4.90 Å². The first-order valence-corrected chi connectivity index (χ1v) is 6.64. The summed E-state index contributed by atoms with van der Waals surface area (Å²) in [4.78, 5) is 13.9. The Bertz CT molecular complexity index is 441. The second kappa shape index (κ2) is 5.61. The molecule has 0 spiro atoms. The van der Waals surface area contributed by atoms with Crippen LogP contribution in [-0.4, -0.2) is 35.7 Å². The lowest BCUT2D eigenvalue weighted by Gasteiger charge is -2.25. The van der Waals surface area contributed by atoms with Crippen LogP contribution in [0.25, 0.3) is 0 Å². The summed E-state index contributed by atoms with van der Waals surface area (Å²) in [5.74, 6) is 0.980. The quantitative estimate of drug-likeness (QED) is 0.903. The van der Waals surface area contributed by atoms with Crippen molar-refractivity contribution in [2.45, 2.75) is 32.4 Å². The second-order valence-electron chi connectivity index (χ2n) is 5.20. The highest BCUT2D eigenvalue weighted by molar-refractivity contribution is 5.79. The van der Waals surface area contributed by atoms with Gasteiger partial charge in [-0.1, -0.05) is 12.1 Å². The molecule has 1 N–H and O–H groups in total. The van der Waals surface area contributed by atoms with E-state index in [-0.39, 0.29) is 17.9 Å². The highest BCUT2D eigenvalue weighted by atomic mass is 16.5. The largest absolute Gasteiger partial charge is 0.497 e. The van der Waals surface area contributed by atoms with Crippen LogP contribution in [-0.2, 0) is 4.79 Å². The maximum Gasteiger partial charge on any atom is 0.223 e. The standard InChI is InChI=1S/C15H21NO3/c1-10(12-4-6-14(19-3)7-5-12)16-9-13(11(2)17)8-15(16)18/h4-7,10-11,13,17H,8-9H2,1-3H3/t10-,11+,13?/m1/s1. The Labute approximate surface area is 114 Å². The fraction of sp³-hybridized carbons (Fsp3) is 0.533. The number of nitrogens with zero attached hydrogens (tertiary/aromatic N) is 1. The molecule has 2 rings (SSSR count). The molecule has 0 radical (unpaired) electrons. The first-order valence-electron chi connectivity index (χ1n) is 6.64. The van der Waals surface area contributed by atoms with Crippen molar-refractivity contribution < 1.29 is 14.6 Å². The molecule has 0 aromatic heterocycles. The minimum absolute atomic E-state index is 0.0298. The van der Waals surface area contributed by atoms with Crippen molar-refractivity contribution in [3.05, 3.63) is 29.8 Å². The van der Waals surface area contributed by atoms with Crippen molar-refractivity contribution >= 4 is 5.91 Å². The van der Waals surface area contributed by atoms with Gasteiger partial charge in [-0.05, 0) is 31.5 Å². The van der Waals surface area contributed by atoms with Crippen molar-refractivity contribution in [2.24, 2.45) is 5.92 Å². The van der Waals surface area contributed by atoms with Gasteiger partial charge in [0.2, 0.25) is 5.91 Å². The predicted octanol–water partition coefficient (Wildman–Crippen LogP) is 1.99. The summed E-state index contributed by atoms with van der Waals surface area (Å²) in [7, 11) is 1.63. The first kappa shape index (κ1) is 13.9. The lowest BCUT2D eigenvalue weighted by molar-refractivity contribution is -0.129. The second-order valence-corrected chi connectivity index (χ2v) is 5.20. The van der Waals surface area contributed by atoms with Gasteiger partial charge < -0.3 is 14.7 Å². The zero-order valence-electron chi connectivity index (χ0n) is 11.7. The SMILES string of the molecule is COc1ccc([C@@H](C)N2CC([C@H](C)O)CC2=O)cc1. The van der Waals surface area contributed by atoms with Crippen molar-refractivity contribution in [1.29, 1.82) is 0 Å². The van der Waals surface area contributed by atoms with E-state index in [9.17, 15) is 9.90 Å². The average Bonchev–Trinajstić information content (AvgIpc) is 2.80. The smallest absolute Gasteiger partial charge is 0.223 e. The number of hydrogen-bond donors (Lipinski definition) is 1. The first-order chi connectivity index (χ1) is 9.02. The van der Waals surface area contributed by atoms with E-state index in [4.69, 9.17) is 4.74 Å². The molecule has 1 aromatic carbocycles. The van der Waals surface area contributed by atoms with Crippen LogP contribution in [0.4, 0.5) is 0 Å². The molecule has 104 valence electrons. The van der Waals surface area contributed by atoms with Crippen LogP contribution in [0.3, 0.4) is 0 Å². The molecule has 1 aliphatic rings. The summed E-state index contributed by atoms with van der Waals surface area (Å²) >= 11 is 0. The van der Waals surface area contributed by atoms with Gasteiger partial charge in [-0.2, -0.15) is 0 Å².